The van der Waals surface area contributed by atoms with Crippen molar-refractivity contribution in [1.82, 2.24) is 0 Å². The molecular formula is C40H38N2O4. The highest BCUT2D eigenvalue weighted by Crippen LogP contribution is 2.57. The normalized spacial score (nSPS) is 15.8. The Morgan fingerprint density at radius 1 is 0.761 bits per heavy atom. The zero-order chi connectivity index (χ0) is 31.7. The fourth-order valence-corrected chi connectivity index (χ4v) is 6.65. The Morgan fingerprint density at radius 2 is 1.50 bits per heavy atom. The van der Waals surface area contributed by atoms with Gasteiger partial charge in [0.2, 0.25) is 0 Å². The topological polar surface area (TPSA) is 60.0 Å². The van der Waals surface area contributed by atoms with Crippen molar-refractivity contribution in [1.29, 1.82) is 0 Å². The van der Waals surface area contributed by atoms with Gasteiger partial charge in [0, 0.05) is 52.1 Å². The summed E-state index contributed by atoms with van der Waals surface area (Å²) in [7, 11) is 1.68. The molecule has 0 bridgehead atoms. The van der Waals surface area contributed by atoms with E-state index in [1.54, 1.807) is 7.11 Å². The number of carbonyl (C=O) groups is 1. The van der Waals surface area contributed by atoms with Crippen LogP contribution in [0.3, 0.4) is 0 Å². The van der Waals surface area contributed by atoms with E-state index in [0.29, 0.717) is 17.1 Å². The fourth-order valence-electron chi connectivity index (χ4n) is 6.65. The standard InChI is InChI=1S/C40H38N2O4/c1-4-5-6-12-23-42(29-17-20-31(44-3)21-18-29)30-19-22-34-38(25-30)45-37-24-27(2)36(41-28-13-8-7-9-14-28)26-35(37)40(34)33-16-11-10-15-32(33)39(43)46-40/h7-11,13-22,24-26,41H,4-6,12,23H2,1-3H3. The molecule has 0 saturated heterocycles. The van der Waals surface area contributed by atoms with Crippen molar-refractivity contribution in [2.24, 2.45) is 0 Å². The van der Waals surface area contributed by atoms with Gasteiger partial charge >= 0.3 is 5.97 Å². The smallest absolute Gasteiger partial charge is 0.340 e. The molecule has 2 heterocycles. The molecule has 0 saturated carbocycles. The van der Waals surface area contributed by atoms with E-state index in [2.05, 4.69) is 60.5 Å². The first-order valence-electron chi connectivity index (χ1n) is 16.1. The number of methoxy groups -OCH3 is 1. The number of benzene rings is 5. The van der Waals surface area contributed by atoms with E-state index < -0.39 is 5.60 Å². The molecule has 0 aromatic heterocycles. The largest absolute Gasteiger partial charge is 0.497 e. The number of hydrogen-bond donors (Lipinski definition) is 1. The molecule has 0 radical (unpaired) electrons. The number of aryl methyl sites for hydroxylation is 1. The molecule has 0 amide bonds. The number of anilines is 4. The summed E-state index contributed by atoms with van der Waals surface area (Å²) in [5.41, 5.74) is 6.84. The molecule has 46 heavy (non-hydrogen) atoms. The third-order valence-electron chi connectivity index (χ3n) is 9.03. The van der Waals surface area contributed by atoms with E-state index >= 15 is 0 Å². The third kappa shape index (κ3) is 5.14. The summed E-state index contributed by atoms with van der Waals surface area (Å²) in [6.07, 6.45) is 4.60. The van der Waals surface area contributed by atoms with Gasteiger partial charge in [0.05, 0.1) is 12.7 Å². The summed E-state index contributed by atoms with van der Waals surface area (Å²) in [5.74, 6) is 1.82. The molecule has 2 aliphatic rings. The molecule has 6 heteroatoms. The van der Waals surface area contributed by atoms with Crippen molar-refractivity contribution in [3.8, 4) is 17.2 Å². The maximum Gasteiger partial charge on any atom is 0.340 e. The number of hydrogen-bond acceptors (Lipinski definition) is 6. The quantitative estimate of drug-likeness (QED) is 0.125. The highest BCUT2D eigenvalue weighted by Gasteiger charge is 2.53. The molecule has 232 valence electrons. The van der Waals surface area contributed by atoms with Crippen molar-refractivity contribution in [2.45, 2.75) is 45.1 Å². The lowest BCUT2D eigenvalue weighted by molar-refractivity contribution is 0.0224. The molecule has 6 nitrogen and oxygen atoms in total. The highest BCUT2D eigenvalue weighted by molar-refractivity contribution is 5.97. The van der Waals surface area contributed by atoms with E-state index in [9.17, 15) is 4.79 Å². The molecule has 0 fully saturated rings. The van der Waals surface area contributed by atoms with Gasteiger partial charge in [0.1, 0.15) is 17.2 Å². The lowest BCUT2D eigenvalue weighted by Gasteiger charge is -2.38. The second kappa shape index (κ2) is 12.3. The van der Waals surface area contributed by atoms with E-state index in [1.165, 1.54) is 12.8 Å². The maximum atomic E-state index is 13.5. The minimum atomic E-state index is -1.15. The van der Waals surface area contributed by atoms with Crippen LogP contribution in [0.1, 0.15) is 65.2 Å². The first-order valence-corrected chi connectivity index (χ1v) is 16.1. The zero-order valence-electron chi connectivity index (χ0n) is 26.5. The summed E-state index contributed by atoms with van der Waals surface area (Å²) < 4.78 is 18.7. The van der Waals surface area contributed by atoms with Crippen LogP contribution in [0.2, 0.25) is 0 Å². The lowest BCUT2D eigenvalue weighted by Crippen LogP contribution is -2.33. The van der Waals surface area contributed by atoms with Crippen molar-refractivity contribution in [3.63, 3.8) is 0 Å². The number of esters is 1. The van der Waals surface area contributed by atoms with Crippen LogP contribution in [0.15, 0.2) is 109 Å². The van der Waals surface area contributed by atoms with E-state index in [4.69, 9.17) is 14.2 Å². The Balaban J connectivity index is 1.36. The van der Waals surface area contributed by atoms with Gasteiger partial charge in [-0.05, 0) is 85.6 Å². The monoisotopic (exact) mass is 610 g/mol. The molecule has 5 aromatic carbocycles. The maximum absolute atomic E-state index is 13.5. The van der Waals surface area contributed by atoms with Crippen molar-refractivity contribution in [3.05, 3.63) is 137 Å². The Morgan fingerprint density at radius 3 is 2.28 bits per heavy atom. The number of rotatable bonds is 10. The molecule has 1 spiro atoms. The number of unbranched alkanes of at least 4 members (excludes halogenated alkanes) is 3. The van der Waals surface area contributed by atoms with E-state index in [-0.39, 0.29) is 5.97 Å². The number of ether oxygens (including phenoxy) is 3. The van der Waals surface area contributed by atoms with Crippen LogP contribution in [0, 0.1) is 6.92 Å². The first kappa shape index (κ1) is 29.5. The van der Waals surface area contributed by atoms with Crippen LogP contribution in [0.5, 0.6) is 17.2 Å². The predicted octanol–water partition coefficient (Wildman–Crippen LogP) is 10.0. The van der Waals surface area contributed by atoms with Crippen LogP contribution in [0.25, 0.3) is 0 Å². The van der Waals surface area contributed by atoms with Crippen molar-refractivity contribution in [2.75, 3.05) is 23.9 Å². The molecule has 1 unspecified atom stereocenters. The van der Waals surface area contributed by atoms with Crippen molar-refractivity contribution >= 4 is 28.7 Å². The van der Waals surface area contributed by atoms with Gasteiger partial charge in [-0.1, -0.05) is 62.6 Å². The molecule has 5 aromatic rings. The number of para-hydroxylation sites is 1. The van der Waals surface area contributed by atoms with Gasteiger partial charge in [0.15, 0.2) is 5.60 Å². The summed E-state index contributed by atoms with van der Waals surface area (Å²) in [6, 6.07) is 36.3. The summed E-state index contributed by atoms with van der Waals surface area (Å²) in [6.45, 7) is 5.15. The summed E-state index contributed by atoms with van der Waals surface area (Å²) >= 11 is 0. The second-order valence-electron chi connectivity index (χ2n) is 12.0. The first-order chi connectivity index (χ1) is 22.5. The van der Waals surface area contributed by atoms with Crippen LogP contribution in [0.4, 0.5) is 22.7 Å². The fraction of sp³-hybridized carbons (Fsp3) is 0.225. The minimum absolute atomic E-state index is 0.340. The average Bonchev–Trinajstić information content (AvgIpc) is 3.38. The minimum Gasteiger partial charge on any atom is -0.497 e. The van der Waals surface area contributed by atoms with E-state index in [1.807, 2.05) is 72.8 Å². The molecule has 0 aliphatic carbocycles. The van der Waals surface area contributed by atoms with Gasteiger partial charge < -0.3 is 24.4 Å². The lowest BCUT2D eigenvalue weighted by atomic mass is 9.77. The Bertz CT molecular complexity index is 1890. The SMILES string of the molecule is CCCCCCN(c1ccc(OC)cc1)c1ccc2c(c1)Oc1cc(C)c(Nc3ccccc3)cc1C21OC(=O)c2ccccc21. The van der Waals surface area contributed by atoms with Gasteiger partial charge in [-0.2, -0.15) is 0 Å². The van der Waals surface area contributed by atoms with Gasteiger partial charge in [0.25, 0.3) is 0 Å². The predicted molar refractivity (Wildman–Crippen MR) is 183 cm³/mol. The number of fused-ring (bicyclic) bond motifs is 6. The summed E-state index contributed by atoms with van der Waals surface area (Å²) in [4.78, 5) is 15.8. The van der Waals surface area contributed by atoms with Crippen LogP contribution >= 0.6 is 0 Å². The van der Waals surface area contributed by atoms with Gasteiger partial charge in [-0.15, -0.1) is 0 Å². The molecule has 2 aliphatic heterocycles. The number of nitrogens with zero attached hydrogens (tertiary/aromatic N) is 1. The van der Waals surface area contributed by atoms with Crippen molar-refractivity contribution < 1.29 is 19.0 Å². The zero-order valence-corrected chi connectivity index (χ0v) is 26.5. The molecule has 7 rings (SSSR count). The summed E-state index contributed by atoms with van der Waals surface area (Å²) in [5, 5.41) is 3.56. The van der Waals surface area contributed by atoms with Crippen LogP contribution < -0.4 is 19.7 Å². The van der Waals surface area contributed by atoms with Crippen LogP contribution in [-0.2, 0) is 10.3 Å². The van der Waals surface area contributed by atoms with E-state index in [0.717, 1.165) is 70.1 Å². The molecule has 1 N–H and O–H groups in total. The Kier molecular flexibility index (Phi) is 7.87. The third-order valence-corrected chi connectivity index (χ3v) is 9.03. The molecule has 1 atom stereocenters. The second-order valence-corrected chi connectivity index (χ2v) is 12.0. The van der Waals surface area contributed by atoms with Gasteiger partial charge in [-0.25, -0.2) is 4.79 Å². The Hall–Kier alpha value is -5.23. The average molecular weight is 611 g/mol. The Labute approximate surface area is 270 Å². The van der Waals surface area contributed by atoms with Crippen LogP contribution in [-0.4, -0.2) is 19.6 Å². The number of nitrogens with one attached hydrogen (secondary N) is 1. The van der Waals surface area contributed by atoms with Gasteiger partial charge in [-0.3, -0.25) is 0 Å². The highest BCUT2D eigenvalue weighted by atomic mass is 16.6. The molecular weight excluding hydrogens is 572 g/mol. The number of carbonyl (C=O) groups excluding carboxylic acids is 1.